The molecular formula is C20H19N5O2. The largest absolute Gasteiger partial charge is 0.337 e. The van der Waals surface area contributed by atoms with Gasteiger partial charge >= 0.3 is 5.69 Å². The second-order valence-electron chi connectivity index (χ2n) is 6.32. The van der Waals surface area contributed by atoms with E-state index >= 15 is 0 Å². The topological polar surface area (TPSA) is 74.7 Å². The first-order valence-corrected chi connectivity index (χ1v) is 8.82. The molecule has 0 spiro atoms. The molecule has 3 aromatic heterocycles. The molecule has 1 aromatic carbocycles. The highest BCUT2D eigenvalue weighted by atomic mass is 16.2. The van der Waals surface area contributed by atoms with Crippen molar-refractivity contribution >= 4 is 10.9 Å². The average Bonchev–Trinajstić information content (AvgIpc) is 3.22. The lowest BCUT2D eigenvalue weighted by atomic mass is 10.2. The Kier molecular flexibility index (Phi) is 4.65. The Morgan fingerprint density at radius 1 is 0.889 bits per heavy atom. The van der Waals surface area contributed by atoms with Crippen molar-refractivity contribution in [3.8, 4) is 0 Å². The van der Waals surface area contributed by atoms with E-state index in [2.05, 4.69) is 9.97 Å². The van der Waals surface area contributed by atoms with Gasteiger partial charge in [0.05, 0.1) is 29.5 Å². The summed E-state index contributed by atoms with van der Waals surface area (Å²) in [6, 6.07) is 12.7. The molecule has 4 rings (SSSR count). The number of para-hydroxylation sites is 1. The molecule has 0 amide bonds. The van der Waals surface area contributed by atoms with Gasteiger partial charge in [-0.3, -0.25) is 18.9 Å². The predicted molar refractivity (Wildman–Crippen MR) is 103 cm³/mol. The number of hydrogen-bond donors (Lipinski definition) is 0. The molecular weight excluding hydrogens is 342 g/mol. The number of fused-ring (bicyclic) bond motifs is 1. The van der Waals surface area contributed by atoms with Gasteiger partial charge < -0.3 is 4.57 Å². The summed E-state index contributed by atoms with van der Waals surface area (Å²) in [5, 5.41) is 0.538. The smallest absolute Gasteiger partial charge is 0.331 e. The van der Waals surface area contributed by atoms with E-state index in [9.17, 15) is 9.59 Å². The zero-order chi connectivity index (χ0) is 18.6. The molecule has 7 heteroatoms. The molecule has 0 saturated carbocycles. The van der Waals surface area contributed by atoms with Gasteiger partial charge in [-0.15, -0.1) is 0 Å². The zero-order valence-electron chi connectivity index (χ0n) is 14.7. The number of aryl methyl sites for hydroxylation is 2. The van der Waals surface area contributed by atoms with Gasteiger partial charge in [-0.1, -0.05) is 18.2 Å². The van der Waals surface area contributed by atoms with E-state index in [1.807, 2.05) is 41.1 Å². The lowest BCUT2D eigenvalue weighted by Gasteiger charge is -2.14. The van der Waals surface area contributed by atoms with Crippen molar-refractivity contribution in [2.75, 3.05) is 0 Å². The number of aromatic nitrogens is 5. The van der Waals surface area contributed by atoms with E-state index < -0.39 is 0 Å². The summed E-state index contributed by atoms with van der Waals surface area (Å²) in [6.45, 7) is 1.42. The summed E-state index contributed by atoms with van der Waals surface area (Å²) >= 11 is 0. The van der Waals surface area contributed by atoms with Gasteiger partial charge in [0, 0.05) is 31.7 Å². The summed E-state index contributed by atoms with van der Waals surface area (Å²) in [6.07, 6.45) is 7.79. The fourth-order valence-electron chi connectivity index (χ4n) is 3.21. The molecule has 0 aliphatic carbocycles. The van der Waals surface area contributed by atoms with Crippen LogP contribution in [-0.4, -0.2) is 23.7 Å². The number of hydrogen-bond acceptors (Lipinski definition) is 4. The summed E-state index contributed by atoms with van der Waals surface area (Å²) in [4.78, 5) is 34.2. The average molecular weight is 361 g/mol. The number of imidazole rings is 1. The van der Waals surface area contributed by atoms with Crippen LogP contribution < -0.4 is 11.2 Å². The summed E-state index contributed by atoms with van der Waals surface area (Å²) < 4.78 is 4.91. The molecule has 4 aromatic rings. The molecule has 0 bridgehead atoms. The minimum Gasteiger partial charge on any atom is -0.337 e. The molecule has 0 aliphatic rings. The van der Waals surface area contributed by atoms with E-state index in [1.54, 1.807) is 35.4 Å². The number of pyridine rings is 1. The minimum absolute atomic E-state index is 0.158. The highest BCUT2D eigenvalue weighted by molar-refractivity contribution is 5.77. The second-order valence-corrected chi connectivity index (χ2v) is 6.32. The Bertz CT molecular complexity index is 1160. The molecule has 0 saturated heterocycles. The first kappa shape index (κ1) is 17.0. The van der Waals surface area contributed by atoms with Crippen LogP contribution in [0.15, 0.2) is 77.0 Å². The van der Waals surface area contributed by atoms with Gasteiger partial charge in [-0.05, 0) is 30.7 Å². The molecule has 7 nitrogen and oxygen atoms in total. The molecule has 0 N–H and O–H groups in total. The van der Waals surface area contributed by atoms with Gasteiger partial charge in [0.15, 0.2) is 0 Å². The fraction of sp³-hybridized carbons (Fsp3) is 0.200. The molecule has 0 atom stereocenters. The summed E-state index contributed by atoms with van der Waals surface area (Å²) in [5.41, 5.74) is 0.745. The Morgan fingerprint density at radius 3 is 2.52 bits per heavy atom. The van der Waals surface area contributed by atoms with Crippen LogP contribution in [-0.2, 0) is 19.6 Å². The highest BCUT2D eigenvalue weighted by Gasteiger charge is 2.13. The van der Waals surface area contributed by atoms with E-state index in [-0.39, 0.29) is 17.8 Å². The SMILES string of the molecule is O=c1c2ccccc2n(CCCn2ccnc2)c(=O)n1Cc1ccccn1. The van der Waals surface area contributed by atoms with Crippen LogP contribution in [0.1, 0.15) is 12.1 Å². The molecule has 0 aliphatic heterocycles. The molecule has 27 heavy (non-hydrogen) atoms. The van der Waals surface area contributed by atoms with Gasteiger partial charge in [0.25, 0.3) is 5.56 Å². The normalized spacial score (nSPS) is 11.1. The first-order valence-electron chi connectivity index (χ1n) is 8.82. The lowest BCUT2D eigenvalue weighted by molar-refractivity contribution is 0.533. The molecule has 0 fully saturated rings. The van der Waals surface area contributed by atoms with Crippen LogP contribution in [0.4, 0.5) is 0 Å². The number of benzene rings is 1. The van der Waals surface area contributed by atoms with Crippen molar-refractivity contribution < 1.29 is 0 Å². The maximum absolute atomic E-state index is 13.1. The standard InChI is InChI=1S/C20H19N5O2/c26-19-17-7-1-2-8-18(17)24(12-5-11-23-13-10-21-15-23)20(27)25(19)14-16-6-3-4-9-22-16/h1-4,6-10,13,15H,5,11-12,14H2. The van der Waals surface area contributed by atoms with Crippen LogP contribution in [0.25, 0.3) is 10.9 Å². The van der Waals surface area contributed by atoms with Crippen molar-refractivity contribution in [3.05, 3.63) is 93.9 Å². The first-order chi connectivity index (χ1) is 13.2. The lowest BCUT2D eigenvalue weighted by Crippen LogP contribution is -2.40. The monoisotopic (exact) mass is 361 g/mol. The predicted octanol–water partition coefficient (Wildman–Crippen LogP) is 1.89. The van der Waals surface area contributed by atoms with Gasteiger partial charge in [0.1, 0.15) is 0 Å². The van der Waals surface area contributed by atoms with E-state index in [0.29, 0.717) is 23.1 Å². The third-order valence-corrected chi connectivity index (χ3v) is 4.54. The Balaban J connectivity index is 1.74. The zero-order valence-corrected chi connectivity index (χ0v) is 14.7. The van der Waals surface area contributed by atoms with Crippen molar-refractivity contribution in [1.82, 2.24) is 23.7 Å². The Morgan fingerprint density at radius 2 is 1.74 bits per heavy atom. The van der Waals surface area contributed by atoms with Gasteiger partial charge in [-0.25, -0.2) is 9.78 Å². The van der Waals surface area contributed by atoms with Gasteiger partial charge in [-0.2, -0.15) is 0 Å². The third-order valence-electron chi connectivity index (χ3n) is 4.54. The Labute approximate surface area is 155 Å². The van der Waals surface area contributed by atoms with Crippen LogP contribution in [0.3, 0.4) is 0 Å². The van der Waals surface area contributed by atoms with Crippen LogP contribution in [0, 0.1) is 0 Å². The van der Waals surface area contributed by atoms with Crippen LogP contribution in [0.2, 0.25) is 0 Å². The number of nitrogens with zero attached hydrogens (tertiary/aromatic N) is 5. The van der Waals surface area contributed by atoms with Crippen molar-refractivity contribution in [2.45, 2.75) is 26.1 Å². The van der Waals surface area contributed by atoms with E-state index in [0.717, 1.165) is 13.0 Å². The van der Waals surface area contributed by atoms with E-state index in [4.69, 9.17) is 0 Å². The highest BCUT2D eigenvalue weighted by Crippen LogP contribution is 2.09. The minimum atomic E-state index is -0.310. The Hall–Kier alpha value is -3.48. The van der Waals surface area contributed by atoms with Crippen molar-refractivity contribution in [3.63, 3.8) is 0 Å². The van der Waals surface area contributed by atoms with E-state index in [1.165, 1.54) is 4.57 Å². The number of rotatable bonds is 6. The third kappa shape index (κ3) is 3.44. The van der Waals surface area contributed by atoms with Crippen LogP contribution >= 0.6 is 0 Å². The summed E-state index contributed by atoms with van der Waals surface area (Å²) in [7, 11) is 0. The maximum atomic E-state index is 13.1. The van der Waals surface area contributed by atoms with Gasteiger partial charge in [0.2, 0.25) is 0 Å². The maximum Gasteiger partial charge on any atom is 0.331 e. The second kappa shape index (κ2) is 7.41. The van der Waals surface area contributed by atoms with Crippen molar-refractivity contribution in [2.24, 2.45) is 0 Å². The molecule has 3 heterocycles. The molecule has 0 unspecified atom stereocenters. The quantitative estimate of drug-likeness (QED) is 0.526. The summed E-state index contributed by atoms with van der Waals surface area (Å²) in [5.74, 6) is 0. The molecule has 0 radical (unpaired) electrons. The fourth-order valence-corrected chi connectivity index (χ4v) is 3.21. The van der Waals surface area contributed by atoms with Crippen LogP contribution in [0.5, 0.6) is 0 Å². The molecule has 136 valence electrons. The van der Waals surface area contributed by atoms with Crippen molar-refractivity contribution in [1.29, 1.82) is 0 Å².